The SMILES string of the molecule is CCCCCCCCOc1ccc(/C(=N/NS(=O)(=O)c2ccc(C)cc2)c2ccc(C(=O)OC)cc2)cc1. The zero-order valence-electron chi connectivity index (χ0n) is 22.3. The van der Waals surface area contributed by atoms with Crippen molar-refractivity contribution in [3.8, 4) is 5.75 Å². The molecule has 8 heteroatoms. The van der Waals surface area contributed by atoms with E-state index < -0.39 is 16.0 Å². The van der Waals surface area contributed by atoms with E-state index in [0.29, 0.717) is 29.0 Å². The molecule has 202 valence electrons. The number of carbonyl (C=O) groups is 1. The van der Waals surface area contributed by atoms with Crippen molar-refractivity contribution in [2.24, 2.45) is 5.10 Å². The van der Waals surface area contributed by atoms with Gasteiger partial charge < -0.3 is 9.47 Å². The molecule has 0 aromatic heterocycles. The molecular formula is C30H36N2O5S. The van der Waals surface area contributed by atoms with Gasteiger partial charge in [0.15, 0.2) is 0 Å². The second-order valence-electron chi connectivity index (χ2n) is 9.08. The zero-order chi connectivity index (χ0) is 27.4. The Morgan fingerprint density at radius 3 is 1.95 bits per heavy atom. The van der Waals surface area contributed by atoms with Crippen LogP contribution in [0.2, 0.25) is 0 Å². The van der Waals surface area contributed by atoms with Gasteiger partial charge in [0, 0.05) is 11.1 Å². The lowest BCUT2D eigenvalue weighted by atomic mass is 10.0. The highest BCUT2D eigenvalue weighted by molar-refractivity contribution is 7.89. The Hall–Kier alpha value is -3.65. The molecular weight excluding hydrogens is 500 g/mol. The van der Waals surface area contributed by atoms with Crippen molar-refractivity contribution < 1.29 is 22.7 Å². The maximum atomic E-state index is 12.9. The Bertz CT molecular complexity index is 1300. The fourth-order valence-corrected chi connectivity index (χ4v) is 4.65. The van der Waals surface area contributed by atoms with E-state index in [1.165, 1.54) is 44.9 Å². The van der Waals surface area contributed by atoms with Crippen LogP contribution < -0.4 is 9.57 Å². The van der Waals surface area contributed by atoms with Crippen molar-refractivity contribution in [1.82, 2.24) is 4.83 Å². The molecule has 1 N–H and O–H groups in total. The van der Waals surface area contributed by atoms with Crippen molar-refractivity contribution in [3.05, 3.63) is 95.1 Å². The van der Waals surface area contributed by atoms with Crippen LogP contribution >= 0.6 is 0 Å². The van der Waals surface area contributed by atoms with Crippen LogP contribution in [0.3, 0.4) is 0 Å². The molecule has 3 aromatic rings. The Morgan fingerprint density at radius 2 is 1.34 bits per heavy atom. The molecule has 0 fully saturated rings. The first-order valence-electron chi connectivity index (χ1n) is 12.9. The van der Waals surface area contributed by atoms with Crippen molar-refractivity contribution in [1.29, 1.82) is 0 Å². The number of hydrogen-bond acceptors (Lipinski definition) is 6. The van der Waals surface area contributed by atoms with Crippen molar-refractivity contribution in [3.63, 3.8) is 0 Å². The number of sulfonamides is 1. The molecule has 0 aliphatic carbocycles. The highest BCUT2D eigenvalue weighted by Gasteiger charge is 2.15. The summed E-state index contributed by atoms with van der Waals surface area (Å²) in [5.74, 6) is 0.282. The molecule has 38 heavy (non-hydrogen) atoms. The molecule has 0 atom stereocenters. The number of methoxy groups -OCH3 is 1. The summed E-state index contributed by atoms with van der Waals surface area (Å²) in [6.07, 6.45) is 7.16. The quantitative estimate of drug-likeness (QED) is 0.114. The van der Waals surface area contributed by atoms with E-state index in [2.05, 4.69) is 16.9 Å². The first-order chi connectivity index (χ1) is 18.3. The minimum atomic E-state index is -3.88. The van der Waals surface area contributed by atoms with Gasteiger partial charge >= 0.3 is 5.97 Å². The summed E-state index contributed by atoms with van der Waals surface area (Å²) < 4.78 is 36.4. The molecule has 0 heterocycles. The van der Waals surface area contributed by atoms with E-state index in [9.17, 15) is 13.2 Å². The van der Waals surface area contributed by atoms with Crippen molar-refractivity contribution in [2.45, 2.75) is 57.3 Å². The monoisotopic (exact) mass is 536 g/mol. The van der Waals surface area contributed by atoms with Gasteiger partial charge in [-0.05, 0) is 61.9 Å². The van der Waals surface area contributed by atoms with Crippen molar-refractivity contribution >= 4 is 21.7 Å². The maximum Gasteiger partial charge on any atom is 0.337 e. The lowest BCUT2D eigenvalue weighted by Crippen LogP contribution is -2.21. The van der Waals surface area contributed by atoms with Gasteiger partial charge in [-0.2, -0.15) is 18.4 Å². The first-order valence-corrected chi connectivity index (χ1v) is 14.4. The Morgan fingerprint density at radius 1 is 0.789 bits per heavy atom. The highest BCUT2D eigenvalue weighted by atomic mass is 32.2. The molecule has 0 amide bonds. The van der Waals surface area contributed by atoms with E-state index in [1.54, 1.807) is 36.4 Å². The number of aryl methyl sites for hydroxylation is 1. The molecule has 0 aliphatic heterocycles. The van der Waals surface area contributed by atoms with E-state index in [-0.39, 0.29) is 4.90 Å². The summed E-state index contributed by atoms with van der Waals surface area (Å²) in [6.45, 7) is 4.75. The van der Waals surface area contributed by atoms with Gasteiger partial charge in [-0.25, -0.2) is 4.79 Å². The van der Waals surface area contributed by atoms with Crippen molar-refractivity contribution in [2.75, 3.05) is 13.7 Å². The standard InChI is InChI=1S/C30H36N2O5S/c1-4-5-6-7-8-9-22-37-27-18-16-25(17-19-27)29(24-12-14-26(15-13-24)30(33)36-3)31-32-38(34,35)28-20-10-23(2)11-21-28/h10-21,32H,4-9,22H2,1-3H3/b31-29+. The van der Waals surface area contributed by atoms with Crippen LogP contribution in [0.1, 0.15) is 72.5 Å². The molecule has 0 bridgehead atoms. The van der Waals surface area contributed by atoms with Gasteiger partial charge in [0.25, 0.3) is 10.0 Å². The summed E-state index contributed by atoms with van der Waals surface area (Å²) >= 11 is 0. The molecule has 7 nitrogen and oxygen atoms in total. The molecule has 0 radical (unpaired) electrons. The number of esters is 1. The number of rotatable bonds is 14. The number of ether oxygens (including phenoxy) is 2. The lowest BCUT2D eigenvalue weighted by Gasteiger charge is -2.11. The number of hydrazone groups is 1. The summed E-state index contributed by atoms with van der Waals surface area (Å²) in [5.41, 5.74) is 3.06. The van der Waals surface area contributed by atoms with Gasteiger partial charge in [-0.1, -0.05) is 68.9 Å². The third-order valence-corrected chi connectivity index (χ3v) is 7.31. The highest BCUT2D eigenvalue weighted by Crippen LogP contribution is 2.19. The van der Waals surface area contributed by atoms with Crippen LogP contribution in [0.5, 0.6) is 5.75 Å². The maximum absolute atomic E-state index is 12.9. The molecule has 3 aromatic carbocycles. The summed E-state index contributed by atoms with van der Waals surface area (Å²) in [4.78, 5) is 14.3. The fraction of sp³-hybridized carbons (Fsp3) is 0.333. The Kier molecular flexibility index (Phi) is 10.9. The van der Waals surface area contributed by atoms with Crippen LogP contribution in [-0.2, 0) is 14.8 Å². The van der Waals surface area contributed by atoms with Gasteiger partial charge in [0.2, 0.25) is 0 Å². The smallest absolute Gasteiger partial charge is 0.337 e. The Labute approximate surface area is 225 Å². The number of carbonyl (C=O) groups excluding carboxylic acids is 1. The fourth-order valence-electron chi connectivity index (χ4n) is 3.84. The van der Waals surface area contributed by atoms with Crippen LogP contribution in [0.4, 0.5) is 0 Å². The summed E-state index contributed by atoms with van der Waals surface area (Å²) in [7, 11) is -2.56. The van der Waals surface area contributed by atoms with Crippen LogP contribution in [0, 0.1) is 6.92 Å². The van der Waals surface area contributed by atoms with Crippen LogP contribution in [0.25, 0.3) is 0 Å². The lowest BCUT2D eigenvalue weighted by molar-refractivity contribution is 0.0600. The molecule has 0 saturated heterocycles. The number of nitrogens with one attached hydrogen (secondary N) is 1. The Balaban J connectivity index is 1.79. The largest absolute Gasteiger partial charge is 0.494 e. The second kappa shape index (κ2) is 14.3. The first kappa shape index (κ1) is 28.9. The van der Waals surface area contributed by atoms with Gasteiger partial charge in [-0.3, -0.25) is 0 Å². The third-order valence-electron chi connectivity index (χ3n) is 6.08. The molecule has 0 unspecified atom stereocenters. The number of nitrogens with zero attached hydrogens (tertiary/aromatic N) is 1. The van der Waals surface area contributed by atoms with Gasteiger partial charge in [0.1, 0.15) is 5.75 Å². The van der Waals surface area contributed by atoms with E-state index in [1.807, 2.05) is 31.2 Å². The predicted octanol–water partition coefficient (Wildman–Crippen LogP) is 6.25. The van der Waals surface area contributed by atoms with E-state index in [0.717, 1.165) is 24.2 Å². The minimum Gasteiger partial charge on any atom is -0.494 e. The average molecular weight is 537 g/mol. The van der Waals surface area contributed by atoms with E-state index in [4.69, 9.17) is 9.47 Å². The normalized spacial score (nSPS) is 11.7. The van der Waals surface area contributed by atoms with Crippen LogP contribution in [-0.4, -0.2) is 33.8 Å². The second-order valence-corrected chi connectivity index (χ2v) is 10.7. The number of benzene rings is 3. The molecule has 0 saturated carbocycles. The van der Waals surface area contributed by atoms with Crippen LogP contribution in [0.15, 0.2) is 82.8 Å². The summed E-state index contributed by atoms with van der Waals surface area (Å²) in [5, 5.41) is 4.29. The third kappa shape index (κ3) is 8.45. The predicted molar refractivity (Wildman–Crippen MR) is 150 cm³/mol. The zero-order valence-corrected chi connectivity index (χ0v) is 23.1. The van der Waals surface area contributed by atoms with Gasteiger partial charge in [-0.15, -0.1) is 0 Å². The number of hydrogen-bond donors (Lipinski definition) is 1. The number of unbranched alkanes of at least 4 members (excludes halogenated alkanes) is 5. The van der Waals surface area contributed by atoms with Gasteiger partial charge in [0.05, 0.1) is 29.9 Å². The summed E-state index contributed by atoms with van der Waals surface area (Å²) in [6, 6.07) is 20.5. The molecule has 0 aliphatic rings. The molecule has 3 rings (SSSR count). The topological polar surface area (TPSA) is 94.1 Å². The molecule has 0 spiro atoms. The average Bonchev–Trinajstić information content (AvgIpc) is 2.93. The minimum absolute atomic E-state index is 0.116. The van der Waals surface area contributed by atoms with E-state index >= 15 is 0 Å².